The molecule has 0 amide bonds. The summed E-state index contributed by atoms with van der Waals surface area (Å²) >= 11 is 5.95. The molecular weight excluding hydrogens is 346 g/mol. The quantitative estimate of drug-likeness (QED) is 0.681. The number of benzene rings is 3. The molecule has 0 unspecified atom stereocenters. The van der Waals surface area contributed by atoms with Gasteiger partial charge in [-0.2, -0.15) is 0 Å². The van der Waals surface area contributed by atoms with Crippen LogP contribution in [0.15, 0.2) is 66.7 Å². The van der Waals surface area contributed by atoms with Crippen LogP contribution in [0.25, 0.3) is 0 Å². The van der Waals surface area contributed by atoms with E-state index in [0.717, 1.165) is 24.1 Å². The predicted molar refractivity (Wildman–Crippen MR) is 105 cm³/mol. The Morgan fingerprint density at radius 1 is 1.04 bits per heavy atom. The fraction of sp³-hybridized carbons (Fsp3) is 0.136. The molecule has 0 atom stereocenters. The number of anilines is 2. The first kappa shape index (κ1) is 16.7. The van der Waals surface area contributed by atoms with Gasteiger partial charge in [0.2, 0.25) is 0 Å². The second-order valence-electron chi connectivity index (χ2n) is 6.48. The molecule has 4 heteroatoms. The first-order chi connectivity index (χ1) is 12.6. The molecule has 1 aliphatic rings. The Morgan fingerprint density at radius 2 is 1.85 bits per heavy atom. The lowest BCUT2D eigenvalue weighted by Crippen LogP contribution is -2.12. The number of halogens is 1. The number of rotatable bonds is 4. The molecule has 1 heterocycles. The van der Waals surface area contributed by atoms with Crippen LogP contribution in [0, 0.1) is 0 Å². The topological polar surface area (TPSA) is 40.5 Å². The molecule has 0 spiro atoms. The van der Waals surface area contributed by atoms with Crippen LogP contribution in [-0.4, -0.2) is 17.6 Å². The summed E-state index contributed by atoms with van der Waals surface area (Å²) in [5.41, 5.74) is 5.89. The Balaban J connectivity index is 1.63. The van der Waals surface area contributed by atoms with Gasteiger partial charge in [-0.25, -0.2) is 4.79 Å². The Morgan fingerprint density at radius 3 is 2.62 bits per heavy atom. The van der Waals surface area contributed by atoms with E-state index in [9.17, 15) is 9.90 Å². The van der Waals surface area contributed by atoms with Crippen LogP contribution >= 0.6 is 11.6 Å². The van der Waals surface area contributed by atoms with Gasteiger partial charge >= 0.3 is 5.97 Å². The maximum Gasteiger partial charge on any atom is 0.336 e. The summed E-state index contributed by atoms with van der Waals surface area (Å²) in [7, 11) is 0. The summed E-state index contributed by atoms with van der Waals surface area (Å²) < 4.78 is 0. The highest BCUT2D eigenvalue weighted by atomic mass is 35.5. The Labute approximate surface area is 157 Å². The second-order valence-corrected chi connectivity index (χ2v) is 6.92. The third-order valence-electron chi connectivity index (χ3n) is 4.80. The number of hydrogen-bond acceptors (Lipinski definition) is 2. The van der Waals surface area contributed by atoms with Crippen molar-refractivity contribution in [2.45, 2.75) is 12.8 Å². The van der Waals surface area contributed by atoms with Crippen LogP contribution < -0.4 is 4.90 Å². The van der Waals surface area contributed by atoms with E-state index in [1.807, 2.05) is 6.07 Å². The maximum absolute atomic E-state index is 11.5. The van der Waals surface area contributed by atoms with Gasteiger partial charge in [-0.3, -0.25) is 0 Å². The van der Waals surface area contributed by atoms with E-state index >= 15 is 0 Å². The Hall–Kier alpha value is -2.78. The molecule has 0 bridgehead atoms. The first-order valence-corrected chi connectivity index (χ1v) is 8.96. The van der Waals surface area contributed by atoms with Crippen molar-refractivity contribution in [3.8, 4) is 0 Å². The molecule has 130 valence electrons. The van der Waals surface area contributed by atoms with E-state index in [0.29, 0.717) is 11.4 Å². The van der Waals surface area contributed by atoms with Gasteiger partial charge in [0.1, 0.15) is 0 Å². The highest BCUT2D eigenvalue weighted by Gasteiger charge is 2.21. The van der Waals surface area contributed by atoms with Gasteiger partial charge in [-0.05, 0) is 59.9 Å². The highest BCUT2D eigenvalue weighted by molar-refractivity contribution is 6.31. The molecule has 1 N–H and O–H groups in total. The zero-order valence-electron chi connectivity index (χ0n) is 14.2. The van der Waals surface area contributed by atoms with Gasteiger partial charge in [0.15, 0.2) is 0 Å². The number of para-hydroxylation sites is 1. The predicted octanol–water partition coefficient (Wildman–Crippen LogP) is 5.32. The minimum atomic E-state index is -0.945. The van der Waals surface area contributed by atoms with Crippen molar-refractivity contribution in [1.29, 1.82) is 0 Å². The standard InChI is InChI=1S/C22H18ClNO2/c23-18-8-7-16(20(14-18)22(25)26)12-15-6-9-21-17(13-15)10-11-24(21)19-4-2-1-3-5-19/h1-9,13-14H,10-12H2,(H,25,26). The molecule has 0 saturated carbocycles. The van der Waals surface area contributed by atoms with E-state index in [4.69, 9.17) is 11.6 Å². The first-order valence-electron chi connectivity index (χ1n) is 8.58. The number of carbonyl (C=O) groups is 1. The average molecular weight is 364 g/mol. The van der Waals surface area contributed by atoms with E-state index in [2.05, 4.69) is 47.4 Å². The lowest BCUT2D eigenvalue weighted by molar-refractivity contribution is 0.0696. The highest BCUT2D eigenvalue weighted by Crippen LogP contribution is 2.35. The normalized spacial score (nSPS) is 12.9. The molecule has 3 aromatic rings. The number of hydrogen-bond donors (Lipinski definition) is 1. The van der Waals surface area contributed by atoms with Crippen LogP contribution in [0.5, 0.6) is 0 Å². The zero-order chi connectivity index (χ0) is 18.1. The van der Waals surface area contributed by atoms with E-state index < -0.39 is 5.97 Å². The van der Waals surface area contributed by atoms with Crippen LogP contribution in [0.2, 0.25) is 5.02 Å². The molecule has 4 rings (SSSR count). The van der Waals surface area contributed by atoms with E-state index in [-0.39, 0.29) is 5.56 Å². The number of carboxylic acid groups (broad SMARTS) is 1. The smallest absolute Gasteiger partial charge is 0.336 e. The average Bonchev–Trinajstić information content (AvgIpc) is 3.07. The van der Waals surface area contributed by atoms with Gasteiger partial charge < -0.3 is 10.0 Å². The van der Waals surface area contributed by atoms with Gasteiger partial charge in [-0.15, -0.1) is 0 Å². The molecule has 0 fully saturated rings. The van der Waals surface area contributed by atoms with Crippen LogP contribution in [-0.2, 0) is 12.8 Å². The third-order valence-corrected chi connectivity index (χ3v) is 5.04. The van der Waals surface area contributed by atoms with Gasteiger partial charge in [0.25, 0.3) is 0 Å². The molecule has 0 saturated heterocycles. The lowest BCUT2D eigenvalue weighted by Gasteiger charge is -2.19. The SMILES string of the molecule is O=C(O)c1cc(Cl)ccc1Cc1ccc2c(c1)CCN2c1ccccc1. The molecule has 3 nitrogen and oxygen atoms in total. The van der Waals surface area contributed by atoms with Gasteiger partial charge in [0.05, 0.1) is 5.56 Å². The van der Waals surface area contributed by atoms with Crippen molar-refractivity contribution in [3.63, 3.8) is 0 Å². The van der Waals surface area contributed by atoms with Crippen LogP contribution in [0.4, 0.5) is 11.4 Å². The minimum absolute atomic E-state index is 0.268. The van der Waals surface area contributed by atoms with Crippen molar-refractivity contribution in [1.82, 2.24) is 0 Å². The summed E-state index contributed by atoms with van der Waals surface area (Å²) in [6, 6.07) is 21.8. The van der Waals surface area contributed by atoms with E-state index in [1.54, 1.807) is 12.1 Å². The maximum atomic E-state index is 11.5. The molecular formula is C22H18ClNO2. The minimum Gasteiger partial charge on any atom is -0.478 e. The summed E-state index contributed by atoms with van der Waals surface area (Å²) in [5.74, 6) is -0.945. The largest absolute Gasteiger partial charge is 0.478 e. The molecule has 26 heavy (non-hydrogen) atoms. The molecule has 0 radical (unpaired) electrons. The number of nitrogens with zero attached hydrogens (tertiary/aromatic N) is 1. The summed E-state index contributed by atoms with van der Waals surface area (Å²) in [6.45, 7) is 0.962. The molecule has 1 aliphatic heterocycles. The third kappa shape index (κ3) is 3.18. The van der Waals surface area contributed by atoms with Crippen molar-refractivity contribution in [2.24, 2.45) is 0 Å². The van der Waals surface area contributed by atoms with Crippen molar-refractivity contribution in [2.75, 3.05) is 11.4 Å². The van der Waals surface area contributed by atoms with E-state index in [1.165, 1.54) is 23.0 Å². The zero-order valence-corrected chi connectivity index (χ0v) is 14.9. The number of carboxylic acids is 1. The Kier molecular flexibility index (Phi) is 4.39. The lowest BCUT2D eigenvalue weighted by atomic mass is 9.98. The number of aromatic carboxylic acids is 1. The monoisotopic (exact) mass is 363 g/mol. The fourth-order valence-corrected chi connectivity index (χ4v) is 3.74. The molecule has 0 aliphatic carbocycles. The van der Waals surface area contributed by atoms with Gasteiger partial charge in [-0.1, -0.05) is 48.0 Å². The number of fused-ring (bicyclic) bond motifs is 1. The fourth-order valence-electron chi connectivity index (χ4n) is 3.56. The Bertz CT molecular complexity index is 969. The molecule has 0 aromatic heterocycles. The second kappa shape index (κ2) is 6.85. The van der Waals surface area contributed by atoms with Crippen LogP contribution in [0.1, 0.15) is 27.0 Å². The van der Waals surface area contributed by atoms with Gasteiger partial charge in [0, 0.05) is 22.9 Å². The molecule has 3 aromatic carbocycles. The summed E-state index contributed by atoms with van der Waals surface area (Å²) in [6.07, 6.45) is 1.57. The summed E-state index contributed by atoms with van der Waals surface area (Å²) in [4.78, 5) is 13.8. The van der Waals surface area contributed by atoms with Crippen molar-refractivity contribution < 1.29 is 9.90 Å². The van der Waals surface area contributed by atoms with Crippen molar-refractivity contribution in [3.05, 3.63) is 94.0 Å². The van der Waals surface area contributed by atoms with Crippen molar-refractivity contribution >= 4 is 28.9 Å². The van der Waals surface area contributed by atoms with Crippen LogP contribution in [0.3, 0.4) is 0 Å². The summed E-state index contributed by atoms with van der Waals surface area (Å²) in [5, 5.41) is 9.86.